The molecule has 0 fully saturated rings. The second-order valence-electron chi connectivity index (χ2n) is 2.44. The molecular formula is C11H10N2O. The largest absolute Gasteiger partial charge is 0.298 e. The van der Waals surface area contributed by atoms with Gasteiger partial charge in [0.1, 0.15) is 6.29 Å². The smallest absolute Gasteiger partial charge is 0.150 e. The summed E-state index contributed by atoms with van der Waals surface area (Å²) in [6.07, 6.45) is 4.11. The van der Waals surface area contributed by atoms with Crippen molar-refractivity contribution in [3.05, 3.63) is 60.4 Å². The molecule has 70 valence electrons. The van der Waals surface area contributed by atoms with Gasteiger partial charge in [-0.25, -0.2) is 0 Å². The van der Waals surface area contributed by atoms with Gasteiger partial charge in [-0.3, -0.25) is 4.79 Å². The molecule has 0 atom stereocenters. The van der Waals surface area contributed by atoms with E-state index in [4.69, 9.17) is 0 Å². The SMILES string of the molecule is O=Cc1ccccc1.c1ccnnc1. The van der Waals surface area contributed by atoms with Crippen molar-refractivity contribution in [3.8, 4) is 0 Å². The van der Waals surface area contributed by atoms with Crippen molar-refractivity contribution >= 4 is 6.29 Å². The minimum absolute atomic E-state index is 0.729. The topological polar surface area (TPSA) is 42.9 Å². The molecule has 0 unspecified atom stereocenters. The molecule has 1 aromatic carbocycles. The van der Waals surface area contributed by atoms with Crippen LogP contribution >= 0.6 is 0 Å². The number of nitrogens with zero attached hydrogens (tertiary/aromatic N) is 2. The minimum Gasteiger partial charge on any atom is -0.298 e. The first-order valence-electron chi connectivity index (χ1n) is 4.15. The van der Waals surface area contributed by atoms with Gasteiger partial charge in [-0.1, -0.05) is 30.3 Å². The average molecular weight is 186 g/mol. The molecule has 0 spiro atoms. The van der Waals surface area contributed by atoms with Crippen LogP contribution in [0.4, 0.5) is 0 Å². The summed E-state index contributed by atoms with van der Waals surface area (Å²) in [4.78, 5) is 10.0. The lowest BCUT2D eigenvalue weighted by atomic mass is 10.2. The molecule has 0 bridgehead atoms. The van der Waals surface area contributed by atoms with Gasteiger partial charge >= 0.3 is 0 Å². The molecule has 3 heteroatoms. The van der Waals surface area contributed by atoms with E-state index in [1.54, 1.807) is 24.5 Å². The average Bonchev–Trinajstić information content (AvgIpc) is 2.33. The summed E-state index contributed by atoms with van der Waals surface area (Å²) in [6, 6.07) is 12.8. The predicted octanol–water partition coefficient (Wildman–Crippen LogP) is 1.98. The third-order valence-electron chi connectivity index (χ3n) is 1.42. The van der Waals surface area contributed by atoms with E-state index in [1.165, 1.54) is 0 Å². The molecule has 0 amide bonds. The highest BCUT2D eigenvalue weighted by Gasteiger charge is 1.79. The van der Waals surface area contributed by atoms with Crippen LogP contribution in [0.15, 0.2) is 54.9 Å². The van der Waals surface area contributed by atoms with Crippen LogP contribution < -0.4 is 0 Å². The van der Waals surface area contributed by atoms with E-state index in [0.29, 0.717) is 0 Å². The number of carbonyl (C=O) groups excluding carboxylic acids is 1. The molecule has 1 aromatic heterocycles. The lowest BCUT2D eigenvalue weighted by Crippen LogP contribution is -1.73. The van der Waals surface area contributed by atoms with Crippen LogP contribution in [-0.4, -0.2) is 16.5 Å². The van der Waals surface area contributed by atoms with Crippen LogP contribution in [-0.2, 0) is 0 Å². The van der Waals surface area contributed by atoms with Gasteiger partial charge in [0.2, 0.25) is 0 Å². The van der Waals surface area contributed by atoms with Crippen LogP contribution in [0.25, 0.3) is 0 Å². The van der Waals surface area contributed by atoms with Crippen molar-refractivity contribution in [1.29, 1.82) is 0 Å². The fourth-order valence-electron chi connectivity index (χ4n) is 0.785. The number of hydrogen-bond acceptors (Lipinski definition) is 3. The molecule has 0 aliphatic carbocycles. The summed E-state index contributed by atoms with van der Waals surface area (Å²) in [5, 5.41) is 7.07. The highest BCUT2D eigenvalue weighted by molar-refractivity contribution is 5.74. The van der Waals surface area contributed by atoms with Crippen LogP contribution in [0.2, 0.25) is 0 Å². The third-order valence-corrected chi connectivity index (χ3v) is 1.42. The van der Waals surface area contributed by atoms with Crippen molar-refractivity contribution in [3.63, 3.8) is 0 Å². The van der Waals surface area contributed by atoms with Gasteiger partial charge < -0.3 is 0 Å². The molecule has 0 saturated carbocycles. The molecule has 0 radical (unpaired) electrons. The van der Waals surface area contributed by atoms with Crippen molar-refractivity contribution in [2.75, 3.05) is 0 Å². The van der Waals surface area contributed by atoms with E-state index < -0.39 is 0 Å². The van der Waals surface area contributed by atoms with Gasteiger partial charge in [0, 0.05) is 18.0 Å². The van der Waals surface area contributed by atoms with Crippen molar-refractivity contribution < 1.29 is 4.79 Å². The Labute approximate surface area is 82.4 Å². The Morgan fingerprint density at radius 3 is 1.71 bits per heavy atom. The molecule has 0 N–H and O–H groups in total. The molecule has 14 heavy (non-hydrogen) atoms. The summed E-state index contributed by atoms with van der Waals surface area (Å²) in [7, 11) is 0. The maximum absolute atomic E-state index is 10.0. The van der Waals surface area contributed by atoms with Crippen molar-refractivity contribution in [1.82, 2.24) is 10.2 Å². The highest BCUT2D eigenvalue weighted by Crippen LogP contribution is 1.91. The second-order valence-corrected chi connectivity index (χ2v) is 2.44. The highest BCUT2D eigenvalue weighted by atomic mass is 16.1. The molecule has 0 saturated heterocycles. The van der Waals surface area contributed by atoms with Crippen molar-refractivity contribution in [2.45, 2.75) is 0 Å². The first kappa shape index (κ1) is 10.1. The molecule has 0 aliphatic rings. The van der Waals surface area contributed by atoms with E-state index in [2.05, 4.69) is 10.2 Å². The van der Waals surface area contributed by atoms with Crippen LogP contribution in [0.3, 0.4) is 0 Å². The fourth-order valence-corrected chi connectivity index (χ4v) is 0.785. The monoisotopic (exact) mass is 186 g/mol. The van der Waals surface area contributed by atoms with Gasteiger partial charge in [0.25, 0.3) is 0 Å². The Morgan fingerprint density at radius 2 is 1.43 bits per heavy atom. The number of aromatic nitrogens is 2. The second kappa shape index (κ2) is 6.48. The summed E-state index contributed by atoms with van der Waals surface area (Å²) >= 11 is 0. The van der Waals surface area contributed by atoms with Gasteiger partial charge in [-0.05, 0) is 12.1 Å². The van der Waals surface area contributed by atoms with E-state index >= 15 is 0 Å². The van der Waals surface area contributed by atoms with E-state index in [0.717, 1.165) is 11.8 Å². The van der Waals surface area contributed by atoms with Gasteiger partial charge in [0.15, 0.2) is 0 Å². The summed E-state index contributed by atoms with van der Waals surface area (Å²) in [5.41, 5.74) is 0.729. The van der Waals surface area contributed by atoms with Crippen molar-refractivity contribution in [2.24, 2.45) is 0 Å². The fraction of sp³-hybridized carbons (Fsp3) is 0. The predicted molar refractivity (Wildman–Crippen MR) is 53.9 cm³/mol. The Morgan fingerprint density at radius 1 is 0.857 bits per heavy atom. The standard InChI is InChI=1S/C7H6O.C4H4N2/c8-6-7-4-2-1-3-5-7;1-2-4-6-5-3-1/h1-6H;1-4H. The lowest BCUT2D eigenvalue weighted by molar-refractivity contribution is 0.112. The summed E-state index contributed by atoms with van der Waals surface area (Å²) in [5.74, 6) is 0. The Bertz CT molecular complexity index is 321. The Hall–Kier alpha value is -2.03. The Kier molecular flexibility index (Phi) is 4.65. The van der Waals surface area contributed by atoms with Crippen LogP contribution in [0, 0.1) is 0 Å². The summed E-state index contributed by atoms with van der Waals surface area (Å²) in [6.45, 7) is 0. The van der Waals surface area contributed by atoms with E-state index in [1.807, 2.05) is 30.3 Å². The third kappa shape index (κ3) is 4.11. The first-order chi connectivity index (χ1) is 6.93. The first-order valence-corrected chi connectivity index (χ1v) is 4.15. The molecular weight excluding hydrogens is 176 g/mol. The zero-order chi connectivity index (χ0) is 10.1. The van der Waals surface area contributed by atoms with E-state index in [-0.39, 0.29) is 0 Å². The Balaban J connectivity index is 0.000000146. The molecule has 2 rings (SSSR count). The number of hydrogen-bond donors (Lipinski definition) is 0. The number of rotatable bonds is 1. The quantitative estimate of drug-likeness (QED) is 0.639. The molecule has 2 aromatic rings. The number of carbonyl (C=O) groups is 1. The maximum Gasteiger partial charge on any atom is 0.150 e. The van der Waals surface area contributed by atoms with E-state index in [9.17, 15) is 4.79 Å². The normalized spacial score (nSPS) is 8.29. The summed E-state index contributed by atoms with van der Waals surface area (Å²) < 4.78 is 0. The van der Waals surface area contributed by atoms with Gasteiger partial charge in [-0.15, -0.1) is 0 Å². The lowest BCUT2D eigenvalue weighted by Gasteiger charge is -1.81. The minimum atomic E-state index is 0.729. The molecule has 0 aliphatic heterocycles. The van der Waals surface area contributed by atoms with Crippen LogP contribution in [0.1, 0.15) is 10.4 Å². The number of aldehydes is 1. The zero-order valence-electron chi connectivity index (χ0n) is 7.58. The van der Waals surface area contributed by atoms with Gasteiger partial charge in [0.05, 0.1) is 0 Å². The van der Waals surface area contributed by atoms with Gasteiger partial charge in [-0.2, -0.15) is 10.2 Å². The maximum atomic E-state index is 10.0. The zero-order valence-corrected chi connectivity index (χ0v) is 7.58. The number of benzene rings is 1. The van der Waals surface area contributed by atoms with Crippen LogP contribution in [0.5, 0.6) is 0 Å². The molecule has 1 heterocycles. The molecule has 3 nitrogen and oxygen atoms in total.